The summed E-state index contributed by atoms with van der Waals surface area (Å²) < 4.78 is 7.14. The van der Waals surface area contributed by atoms with Gasteiger partial charge in [-0.15, -0.1) is 0 Å². The number of imidazole rings is 1. The molecule has 0 radical (unpaired) electrons. The average molecular weight is 402 g/mol. The van der Waals surface area contributed by atoms with Crippen molar-refractivity contribution in [3.8, 4) is 0 Å². The third kappa shape index (κ3) is 4.57. The van der Waals surface area contributed by atoms with Gasteiger partial charge in [-0.25, -0.2) is 4.98 Å². The van der Waals surface area contributed by atoms with Gasteiger partial charge in [-0.2, -0.15) is 0 Å². The van der Waals surface area contributed by atoms with Crippen LogP contribution in [-0.4, -0.2) is 27.9 Å². The molecular weight excluding hydrogens is 380 g/mol. The predicted molar refractivity (Wildman–Crippen MR) is 113 cm³/mol. The molecule has 0 saturated carbocycles. The third-order valence-electron chi connectivity index (χ3n) is 4.75. The summed E-state index contributed by atoms with van der Waals surface area (Å²) in [6.07, 6.45) is 2.09. The largest absolute Gasteiger partial charge is 0.467 e. The van der Waals surface area contributed by atoms with E-state index in [4.69, 9.17) is 4.42 Å². The normalized spacial score (nSPS) is 10.8. The topological polar surface area (TPSA) is 89.2 Å². The zero-order valence-electron chi connectivity index (χ0n) is 16.4. The van der Waals surface area contributed by atoms with Crippen LogP contribution < -0.4 is 10.6 Å². The zero-order chi connectivity index (χ0) is 20.8. The molecule has 152 valence electrons. The number of fused-ring (bicyclic) bond motifs is 1. The van der Waals surface area contributed by atoms with Crippen LogP contribution in [0, 0.1) is 0 Å². The first-order valence-electron chi connectivity index (χ1n) is 9.77. The molecule has 0 unspecified atom stereocenters. The molecule has 30 heavy (non-hydrogen) atoms. The van der Waals surface area contributed by atoms with Crippen molar-refractivity contribution in [1.29, 1.82) is 0 Å². The second-order valence-corrected chi connectivity index (χ2v) is 6.83. The maximum atomic E-state index is 12.5. The lowest BCUT2D eigenvalue weighted by atomic mass is 10.2. The second kappa shape index (κ2) is 9.09. The van der Waals surface area contributed by atoms with Crippen LogP contribution in [0.2, 0.25) is 0 Å². The number of nitrogens with one attached hydrogen (secondary N) is 2. The molecule has 0 aliphatic rings. The van der Waals surface area contributed by atoms with Gasteiger partial charge in [-0.05, 0) is 36.4 Å². The highest BCUT2D eigenvalue weighted by molar-refractivity contribution is 5.94. The Hall–Kier alpha value is -3.87. The highest BCUT2D eigenvalue weighted by atomic mass is 16.3. The van der Waals surface area contributed by atoms with Crippen molar-refractivity contribution in [2.45, 2.75) is 19.5 Å². The Bertz CT molecular complexity index is 1130. The van der Waals surface area contributed by atoms with Crippen molar-refractivity contribution in [2.75, 3.05) is 6.54 Å². The van der Waals surface area contributed by atoms with E-state index in [1.165, 1.54) is 0 Å². The molecule has 0 aliphatic heterocycles. The number of nitrogens with zero attached hydrogens (tertiary/aromatic N) is 2. The van der Waals surface area contributed by atoms with E-state index >= 15 is 0 Å². The van der Waals surface area contributed by atoms with E-state index in [0.29, 0.717) is 30.8 Å². The quantitative estimate of drug-likeness (QED) is 0.474. The summed E-state index contributed by atoms with van der Waals surface area (Å²) in [4.78, 5) is 29.4. The molecule has 0 bridgehead atoms. The standard InChI is InChI=1S/C23H22N4O3/c28-22(25-15-18-9-6-14-30-18)16-27-20-11-5-4-10-19(20)26-21(27)12-13-24-23(29)17-7-2-1-3-8-17/h1-11,14H,12-13,15-16H2,(H,24,29)(H,25,28). The van der Waals surface area contributed by atoms with Crippen molar-refractivity contribution in [3.05, 3.63) is 90.1 Å². The molecule has 2 aromatic heterocycles. The number of rotatable bonds is 8. The van der Waals surface area contributed by atoms with Crippen LogP contribution in [0.15, 0.2) is 77.4 Å². The van der Waals surface area contributed by atoms with Crippen LogP contribution in [0.3, 0.4) is 0 Å². The minimum atomic E-state index is -0.135. The van der Waals surface area contributed by atoms with E-state index in [9.17, 15) is 9.59 Å². The maximum Gasteiger partial charge on any atom is 0.251 e. The van der Waals surface area contributed by atoms with Gasteiger partial charge in [0.15, 0.2) is 0 Å². The summed E-state index contributed by atoms with van der Waals surface area (Å²) in [5.41, 5.74) is 2.32. The Labute approximate surface area is 173 Å². The molecule has 4 aromatic rings. The van der Waals surface area contributed by atoms with Gasteiger partial charge in [-0.3, -0.25) is 9.59 Å². The van der Waals surface area contributed by atoms with Crippen molar-refractivity contribution in [3.63, 3.8) is 0 Å². The fraction of sp³-hybridized carbons (Fsp3) is 0.174. The fourth-order valence-electron chi connectivity index (χ4n) is 3.27. The van der Waals surface area contributed by atoms with Crippen molar-refractivity contribution in [2.24, 2.45) is 0 Å². The maximum absolute atomic E-state index is 12.5. The van der Waals surface area contributed by atoms with Crippen LogP contribution in [0.4, 0.5) is 0 Å². The number of amides is 2. The summed E-state index contributed by atoms with van der Waals surface area (Å²) in [6.45, 7) is 0.898. The Kier molecular flexibility index (Phi) is 5.89. The SMILES string of the molecule is O=C(Cn1c(CCNC(=O)c2ccccc2)nc2ccccc21)NCc1ccco1. The zero-order valence-corrected chi connectivity index (χ0v) is 16.4. The van der Waals surface area contributed by atoms with Crippen molar-refractivity contribution < 1.29 is 14.0 Å². The molecule has 0 atom stereocenters. The number of hydrogen-bond donors (Lipinski definition) is 2. The Morgan fingerprint density at radius 1 is 0.933 bits per heavy atom. The Balaban J connectivity index is 1.43. The lowest BCUT2D eigenvalue weighted by Crippen LogP contribution is -2.29. The van der Waals surface area contributed by atoms with Gasteiger partial charge in [0.05, 0.1) is 23.8 Å². The first-order valence-corrected chi connectivity index (χ1v) is 9.77. The monoisotopic (exact) mass is 402 g/mol. The van der Waals surface area contributed by atoms with E-state index in [0.717, 1.165) is 16.9 Å². The minimum Gasteiger partial charge on any atom is -0.467 e. The van der Waals surface area contributed by atoms with E-state index in [1.54, 1.807) is 24.5 Å². The van der Waals surface area contributed by atoms with Crippen molar-refractivity contribution in [1.82, 2.24) is 20.2 Å². The number of carbonyl (C=O) groups excluding carboxylic acids is 2. The van der Waals surface area contributed by atoms with Gasteiger partial charge in [0, 0.05) is 18.5 Å². The summed E-state index contributed by atoms with van der Waals surface area (Å²) in [6, 6.07) is 20.4. The number of hydrogen-bond acceptors (Lipinski definition) is 4. The van der Waals surface area contributed by atoms with Gasteiger partial charge in [0.2, 0.25) is 5.91 Å². The number of aromatic nitrogens is 2. The molecule has 7 heteroatoms. The molecule has 2 aromatic carbocycles. The molecule has 0 aliphatic carbocycles. The van der Waals surface area contributed by atoms with E-state index in [2.05, 4.69) is 15.6 Å². The first kappa shape index (κ1) is 19.4. The highest BCUT2D eigenvalue weighted by Gasteiger charge is 2.14. The highest BCUT2D eigenvalue weighted by Crippen LogP contribution is 2.16. The predicted octanol–water partition coefficient (Wildman–Crippen LogP) is 2.92. The van der Waals surface area contributed by atoms with Gasteiger partial charge < -0.3 is 19.6 Å². The van der Waals surface area contributed by atoms with Gasteiger partial charge in [0.25, 0.3) is 5.91 Å². The van der Waals surface area contributed by atoms with Crippen LogP contribution >= 0.6 is 0 Å². The van der Waals surface area contributed by atoms with Crippen molar-refractivity contribution >= 4 is 22.8 Å². The average Bonchev–Trinajstić information content (AvgIpc) is 3.41. The fourth-order valence-corrected chi connectivity index (χ4v) is 3.27. The smallest absolute Gasteiger partial charge is 0.251 e. The summed E-state index contributed by atoms with van der Waals surface area (Å²) in [7, 11) is 0. The van der Waals surface area contributed by atoms with Crippen LogP contribution in [0.1, 0.15) is 21.9 Å². The minimum absolute atomic E-state index is 0.130. The molecule has 4 rings (SSSR count). The molecule has 0 fully saturated rings. The number of carbonyl (C=O) groups is 2. The van der Waals surface area contributed by atoms with E-state index in [1.807, 2.05) is 53.1 Å². The Morgan fingerprint density at radius 3 is 2.53 bits per heavy atom. The summed E-state index contributed by atoms with van der Waals surface area (Å²) in [5, 5.41) is 5.77. The van der Waals surface area contributed by atoms with Gasteiger partial charge >= 0.3 is 0 Å². The molecule has 2 amide bonds. The van der Waals surface area contributed by atoms with Crippen LogP contribution in [0.25, 0.3) is 11.0 Å². The second-order valence-electron chi connectivity index (χ2n) is 6.83. The third-order valence-corrected chi connectivity index (χ3v) is 4.75. The number of benzene rings is 2. The summed E-state index contributed by atoms with van der Waals surface area (Å²) in [5.74, 6) is 1.18. The number of furan rings is 1. The molecule has 2 N–H and O–H groups in total. The molecule has 0 saturated heterocycles. The lowest BCUT2D eigenvalue weighted by Gasteiger charge is -2.10. The molecule has 7 nitrogen and oxygen atoms in total. The van der Waals surface area contributed by atoms with Gasteiger partial charge in [-0.1, -0.05) is 30.3 Å². The number of para-hydroxylation sites is 2. The lowest BCUT2D eigenvalue weighted by molar-refractivity contribution is -0.121. The van der Waals surface area contributed by atoms with Gasteiger partial charge in [0.1, 0.15) is 18.1 Å². The molecule has 0 spiro atoms. The molecule has 2 heterocycles. The summed E-state index contributed by atoms with van der Waals surface area (Å²) >= 11 is 0. The van der Waals surface area contributed by atoms with Crippen LogP contribution in [0.5, 0.6) is 0 Å². The van der Waals surface area contributed by atoms with E-state index < -0.39 is 0 Å². The van der Waals surface area contributed by atoms with E-state index in [-0.39, 0.29) is 18.4 Å². The van der Waals surface area contributed by atoms with Crippen LogP contribution in [-0.2, 0) is 24.3 Å². The molecular formula is C23H22N4O3. The first-order chi connectivity index (χ1) is 14.7. The Morgan fingerprint density at radius 2 is 1.73 bits per heavy atom.